The summed E-state index contributed by atoms with van der Waals surface area (Å²) in [6.45, 7) is 10.1. The minimum absolute atomic E-state index is 0.00528. The summed E-state index contributed by atoms with van der Waals surface area (Å²) in [7, 11) is 1.59. The Hall–Kier alpha value is -4.16. The zero-order valence-electron chi connectivity index (χ0n) is 25.7. The number of aromatic nitrogens is 1. The van der Waals surface area contributed by atoms with Crippen LogP contribution in [-0.4, -0.2) is 77.7 Å². The third-order valence-electron chi connectivity index (χ3n) is 6.96. The summed E-state index contributed by atoms with van der Waals surface area (Å²) in [6, 6.07) is 11.9. The first kappa shape index (κ1) is 31.3. The van der Waals surface area contributed by atoms with Crippen molar-refractivity contribution in [1.29, 1.82) is 0 Å². The van der Waals surface area contributed by atoms with Gasteiger partial charge in [0.25, 0.3) is 11.8 Å². The zero-order valence-corrected chi connectivity index (χ0v) is 26.5. The number of anilines is 1. The van der Waals surface area contributed by atoms with Crippen LogP contribution >= 0.6 is 11.3 Å². The number of carbonyl (C=O) groups excluding carboxylic acids is 3. The highest BCUT2D eigenvalue weighted by Crippen LogP contribution is 2.32. The topological polar surface area (TPSA) is 120 Å². The van der Waals surface area contributed by atoms with Crippen LogP contribution < -0.4 is 14.8 Å². The lowest BCUT2D eigenvalue weighted by atomic mass is 10.1. The number of amides is 3. The number of thiazole rings is 1. The molecule has 5 rings (SSSR count). The van der Waals surface area contributed by atoms with Gasteiger partial charge in [0.15, 0.2) is 5.13 Å². The van der Waals surface area contributed by atoms with E-state index in [2.05, 4.69) is 10.3 Å². The summed E-state index contributed by atoms with van der Waals surface area (Å²) in [5.41, 5.74) is 1.07. The molecule has 2 aromatic carbocycles. The Kier molecular flexibility index (Phi) is 9.40. The second kappa shape index (κ2) is 13.2. The molecule has 0 radical (unpaired) electrons. The molecule has 12 heteroatoms. The second-order valence-corrected chi connectivity index (χ2v) is 12.9. The predicted molar refractivity (Wildman–Crippen MR) is 166 cm³/mol. The smallest absolute Gasteiger partial charge is 0.410 e. The number of carbonyl (C=O) groups is 3. The molecule has 3 amide bonds. The van der Waals surface area contributed by atoms with E-state index in [4.69, 9.17) is 18.9 Å². The summed E-state index contributed by atoms with van der Waals surface area (Å²) in [6.07, 6.45) is 1.01. The number of benzene rings is 2. The number of ether oxygens (including phenoxy) is 4. The van der Waals surface area contributed by atoms with Gasteiger partial charge in [-0.2, -0.15) is 0 Å². The molecule has 0 bridgehead atoms. The highest BCUT2D eigenvalue weighted by molar-refractivity contribution is 7.15. The Morgan fingerprint density at radius 2 is 1.70 bits per heavy atom. The minimum Gasteiger partial charge on any atom is -0.488 e. The highest BCUT2D eigenvalue weighted by atomic mass is 32.1. The van der Waals surface area contributed by atoms with Crippen molar-refractivity contribution in [2.45, 2.75) is 58.8 Å². The quantitative estimate of drug-likeness (QED) is 0.321. The predicted octanol–water partition coefficient (Wildman–Crippen LogP) is 5.74. The summed E-state index contributed by atoms with van der Waals surface area (Å²) in [4.78, 5) is 47.6. The van der Waals surface area contributed by atoms with E-state index in [9.17, 15) is 14.4 Å². The SMILES string of the molecule is COC[C@H](C)Oc1cc(Oc2ccc(C(=O)N3CCC3)cc2)cc(C(=O)Nc2nc3c(s2)CCN(C(=O)OC(C)(C)C)C3)c1. The summed E-state index contributed by atoms with van der Waals surface area (Å²) >= 11 is 1.39. The number of nitrogens with zero attached hydrogens (tertiary/aromatic N) is 3. The molecule has 1 fully saturated rings. The number of likely N-dealkylation sites (tertiary alicyclic amines) is 1. The molecule has 0 saturated carbocycles. The lowest BCUT2D eigenvalue weighted by Gasteiger charge is -2.30. The molecule has 2 aliphatic heterocycles. The molecule has 11 nitrogen and oxygen atoms in total. The summed E-state index contributed by atoms with van der Waals surface area (Å²) in [5.74, 6) is 0.968. The van der Waals surface area contributed by atoms with Crippen LogP contribution in [0.5, 0.6) is 17.2 Å². The van der Waals surface area contributed by atoms with Crippen molar-refractivity contribution in [3.63, 3.8) is 0 Å². The van der Waals surface area contributed by atoms with E-state index in [0.717, 1.165) is 30.1 Å². The average molecular weight is 623 g/mol. The van der Waals surface area contributed by atoms with Gasteiger partial charge in [-0.25, -0.2) is 9.78 Å². The van der Waals surface area contributed by atoms with E-state index in [1.54, 1.807) is 59.4 Å². The Morgan fingerprint density at radius 3 is 2.36 bits per heavy atom. The summed E-state index contributed by atoms with van der Waals surface area (Å²) < 4.78 is 22.8. The Morgan fingerprint density at radius 1 is 0.977 bits per heavy atom. The zero-order chi connectivity index (χ0) is 31.4. The van der Waals surface area contributed by atoms with Crippen molar-refractivity contribution in [3.8, 4) is 17.2 Å². The number of nitrogens with one attached hydrogen (secondary N) is 1. The van der Waals surface area contributed by atoms with Crippen molar-refractivity contribution in [2.75, 3.05) is 38.7 Å². The fraction of sp³-hybridized carbons (Fsp3) is 0.438. The van der Waals surface area contributed by atoms with E-state index in [1.807, 2.05) is 27.7 Å². The Balaban J connectivity index is 1.31. The third-order valence-corrected chi connectivity index (χ3v) is 8.03. The molecule has 1 N–H and O–H groups in total. The lowest BCUT2D eigenvalue weighted by Crippen LogP contribution is -2.41. The molecule has 44 heavy (non-hydrogen) atoms. The van der Waals surface area contributed by atoms with Crippen LogP contribution in [0.25, 0.3) is 0 Å². The van der Waals surface area contributed by atoms with Gasteiger partial charge >= 0.3 is 6.09 Å². The number of hydrogen-bond acceptors (Lipinski definition) is 9. The molecule has 0 spiro atoms. The van der Waals surface area contributed by atoms with Gasteiger partial charge in [-0.3, -0.25) is 14.9 Å². The van der Waals surface area contributed by atoms with Gasteiger partial charge in [0.05, 0.1) is 18.8 Å². The van der Waals surface area contributed by atoms with E-state index in [1.165, 1.54) is 11.3 Å². The van der Waals surface area contributed by atoms with Gasteiger partial charge in [0, 0.05) is 55.2 Å². The van der Waals surface area contributed by atoms with Gasteiger partial charge in [0.2, 0.25) is 0 Å². The average Bonchev–Trinajstić information content (AvgIpc) is 3.33. The molecule has 234 valence electrons. The molecule has 0 unspecified atom stereocenters. The fourth-order valence-electron chi connectivity index (χ4n) is 4.74. The first-order valence-electron chi connectivity index (χ1n) is 14.6. The van der Waals surface area contributed by atoms with Crippen LogP contribution in [0.2, 0.25) is 0 Å². The van der Waals surface area contributed by atoms with Crippen molar-refractivity contribution in [2.24, 2.45) is 0 Å². The van der Waals surface area contributed by atoms with Crippen molar-refractivity contribution in [3.05, 3.63) is 64.2 Å². The molecule has 1 atom stereocenters. The van der Waals surface area contributed by atoms with Gasteiger partial charge < -0.3 is 28.7 Å². The standard InChI is InChI=1S/C32H38N4O7S/c1-20(19-40-5)41-24-15-22(16-25(17-24)42-23-9-7-21(8-10-23)29(38)35-12-6-13-35)28(37)34-30-33-26-18-36(14-11-27(26)44-30)31(39)43-32(2,3)4/h7-10,15-17,20H,6,11-14,18-19H2,1-5H3,(H,33,34,37)/t20-/m0/s1. The molecule has 1 aromatic heterocycles. The van der Waals surface area contributed by atoms with E-state index in [-0.39, 0.29) is 24.0 Å². The van der Waals surface area contributed by atoms with Gasteiger partial charge in [-0.1, -0.05) is 0 Å². The molecule has 0 aliphatic carbocycles. The maximum atomic E-state index is 13.4. The maximum Gasteiger partial charge on any atom is 0.410 e. The lowest BCUT2D eigenvalue weighted by molar-refractivity contribution is 0.0222. The van der Waals surface area contributed by atoms with Gasteiger partial charge in [0.1, 0.15) is 29.0 Å². The third kappa shape index (κ3) is 7.86. The van der Waals surface area contributed by atoms with Crippen LogP contribution in [0.15, 0.2) is 42.5 Å². The van der Waals surface area contributed by atoms with Crippen molar-refractivity contribution < 1.29 is 33.3 Å². The highest BCUT2D eigenvalue weighted by Gasteiger charge is 2.28. The molecule has 3 heterocycles. The Labute approximate surface area is 261 Å². The number of fused-ring (bicyclic) bond motifs is 1. The second-order valence-electron chi connectivity index (χ2n) is 11.8. The van der Waals surface area contributed by atoms with Gasteiger partial charge in [-0.15, -0.1) is 11.3 Å². The number of rotatable bonds is 9. The normalized spacial score (nSPS) is 15.1. The van der Waals surface area contributed by atoms with E-state index < -0.39 is 5.60 Å². The molecular weight excluding hydrogens is 584 g/mol. The maximum absolute atomic E-state index is 13.4. The number of hydrogen-bond donors (Lipinski definition) is 1. The van der Waals surface area contributed by atoms with Crippen molar-refractivity contribution >= 4 is 34.4 Å². The van der Waals surface area contributed by atoms with Crippen LogP contribution in [-0.2, 0) is 22.4 Å². The van der Waals surface area contributed by atoms with E-state index >= 15 is 0 Å². The monoisotopic (exact) mass is 622 g/mol. The van der Waals surface area contributed by atoms with E-state index in [0.29, 0.717) is 59.6 Å². The van der Waals surface area contributed by atoms with Crippen LogP contribution in [0, 0.1) is 0 Å². The number of methoxy groups -OCH3 is 1. The Bertz CT molecular complexity index is 1510. The van der Waals surface area contributed by atoms with Gasteiger partial charge in [-0.05, 0) is 70.5 Å². The van der Waals surface area contributed by atoms with Crippen LogP contribution in [0.4, 0.5) is 9.93 Å². The largest absolute Gasteiger partial charge is 0.488 e. The van der Waals surface area contributed by atoms with Crippen molar-refractivity contribution in [1.82, 2.24) is 14.8 Å². The van der Waals surface area contributed by atoms with Crippen LogP contribution in [0.3, 0.4) is 0 Å². The molecular formula is C32H38N4O7S. The fourth-order valence-corrected chi connectivity index (χ4v) is 5.69. The minimum atomic E-state index is -0.586. The first-order valence-corrected chi connectivity index (χ1v) is 15.4. The first-order chi connectivity index (χ1) is 21.0. The molecule has 1 saturated heterocycles. The molecule has 2 aliphatic rings. The molecule has 3 aromatic rings. The van der Waals surface area contributed by atoms with Crippen LogP contribution in [0.1, 0.15) is 65.4 Å². The summed E-state index contributed by atoms with van der Waals surface area (Å²) in [5, 5.41) is 3.33.